The Kier molecular flexibility index (Phi) is 6.30. The fourth-order valence-electron chi connectivity index (χ4n) is 4.29. The number of nitrogens with zero attached hydrogens (tertiary/aromatic N) is 1. The second kappa shape index (κ2) is 8.19. The van der Waals surface area contributed by atoms with Crippen molar-refractivity contribution in [2.24, 2.45) is 0 Å². The molecule has 1 aromatic carbocycles. The average molecular weight is 415 g/mol. The quantitative estimate of drug-likeness (QED) is 0.802. The number of rotatable bonds is 5. The van der Waals surface area contributed by atoms with Crippen LogP contribution in [-0.2, 0) is 20.0 Å². The predicted molar refractivity (Wildman–Crippen MR) is 105 cm³/mol. The third-order valence-corrected chi connectivity index (χ3v) is 9.43. The maximum atomic E-state index is 13.0. The molecule has 152 valence electrons. The highest BCUT2D eigenvalue weighted by Crippen LogP contribution is 2.30. The molecule has 0 spiro atoms. The summed E-state index contributed by atoms with van der Waals surface area (Å²) in [6, 6.07) is 5.51. The maximum absolute atomic E-state index is 13.0. The molecule has 0 amide bonds. The van der Waals surface area contributed by atoms with Crippen molar-refractivity contribution in [3.05, 3.63) is 24.3 Å². The molecule has 0 bridgehead atoms. The second-order valence-corrected chi connectivity index (χ2v) is 11.4. The van der Waals surface area contributed by atoms with Crippen LogP contribution in [0.25, 0.3) is 0 Å². The van der Waals surface area contributed by atoms with Gasteiger partial charge in [-0.1, -0.05) is 25.7 Å². The molecule has 6 nitrogen and oxygen atoms in total. The molecule has 1 saturated carbocycles. The van der Waals surface area contributed by atoms with Crippen molar-refractivity contribution in [3.63, 3.8) is 0 Å². The summed E-state index contributed by atoms with van der Waals surface area (Å²) in [4.78, 5) is 0.270. The van der Waals surface area contributed by atoms with Crippen LogP contribution in [0.3, 0.4) is 0 Å². The SMILES string of the molecule is C[C@@H]1CCC[C@@H](C)N1S(=O)(=O)c1ccc(S(=O)(=O)NC2CCCCC2)cc1. The highest BCUT2D eigenvalue weighted by molar-refractivity contribution is 7.89. The maximum Gasteiger partial charge on any atom is 0.243 e. The summed E-state index contributed by atoms with van der Waals surface area (Å²) in [6.07, 6.45) is 7.67. The fourth-order valence-corrected chi connectivity index (χ4v) is 7.48. The summed E-state index contributed by atoms with van der Waals surface area (Å²) in [5.74, 6) is 0. The predicted octanol–water partition coefficient (Wildman–Crippen LogP) is 3.25. The third kappa shape index (κ3) is 4.55. The highest BCUT2D eigenvalue weighted by atomic mass is 32.2. The van der Waals surface area contributed by atoms with Gasteiger partial charge in [0.1, 0.15) is 0 Å². The van der Waals surface area contributed by atoms with Gasteiger partial charge >= 0.3 is 0 Å². The third-order valence-electron chi connectivity index (χ3n) is 5.75. The zero-order chi connectivity index (χ0) is 19.7. The Hall–Kier alpha value is -0.960. The van der Waals surface area contributed by atoms with E-state index in [2.05, 4.69) is 4.72 Å². The molecule has 2 fully saturated rings. The van der Waals surface area contributed by atoms with E-state index in [0.717, 1.165) is 51.4 Å². The number of sulfonamides is 2. The Labute approximate surface area is 163 Å². The van der Waals surface area contributed by atoms with Gasteiger partial charge in [0.15, 0.2) is 0 Å². The Morgan fingerprint density at radius 3 is 1.85 bits per heavy atom. The minimum atomic E-state index is -3.63. The van der Waals surface area contributed by atoms with E-state index in [1.165, 1.54) is 24.3 Å². The number of hydrogen-bond acceptors (Lipinski definition) is 4. The normalized spacial score (nSPS) is 26.1. The summed E-state index contributed by atoms with van der Waals surface area (Å²) < 4.78 is 55.6. The zero-order valence-corrected chi connectivity index (χ0v) is 17.7. The van der Waals surface area contributed by atoms with Gasteiger partial charge in [-0.05, 0) is 63.8 Å². The van der Waals surface area contributed by atoms with E-state index in [4.69, 9.17) is 0 Å². The van der Waals surface area contributed by atoms with Gasteiger partial charge in [-0.25, -0.2) is 21.6 Å². The van der Waals surface area contributed by atoms with Crippen LogP contribution in [0.15, 0.2) is 34.1 Å². The van der Waals surface area contributed by atoms with Crippen LogP contribution in [0.4, 0.5) is 0 Å². The van der Waals surface area contributed by atoms with Crippen LogP contribution in [0.5, 0.6) is 0 Å². The zero-order valence-electron chi connectivity index (χ0n) is 16.1. The molecule has 1 aliphatic heterocycles. The number of nitrogens with one attached hydrogen (secondary N) is 1. The Bertz CT molecular complexity index is 834. The summed E-state index contributed by atoms with van der Waals surface area (Å²) >= 11 is 0. The molecule has 1 heterocycles. The van der Waals surface area contributed by atoms with Crippen LogP contribution in [0, 0.1) is 0 Å². The first-order valence-electron chi connectivity index (χ1n) is 9.88. The number of benzene rings is 1. The molecule has 0 unspecified atom stereocenters. The molecule has 3 rings (SSSR count). The number of hydrogen-bond donors (Lipinski definition) is 1. The first-order valence-corrected chi connectivity index (χ1v) is 12.8. The average Bonchev–Trinajstić information content (AvgIpc) is 2.62. The molecule has 27 heavy (non-hydrogen) atoms. The Balaban J connectivity index is 1.79. The van der Waals surface area contributed by atoms with Gasteiger partial charge < -0.3 is 0 Å². The molecule has 1 saturated heterocycles. The van der Waals surface area contributed by atoms with E-state index in [9.17, 15) is 16.8 Å². The lowest BCUT2D eigenvalue weighted by molar-refractivity contribution is 0.204. The van der Waals surface area contributed by atoms with Gasteiger partial charge in [-0.15, -0.1) is 0 Å². The van der Waals surface area contributed by atoms with Gasteiger partial charge in [0.2, 0.25) is 20.0 Å². The van der Waals surface area contributed by atoms with Crippen molar-refractivity contribution >= 4 is 20.0 Å². The van der Waals surface area contributed by atoms with Crippen molar-refractivity contribution < 1.29 is 16.8 Å². The first kappa shape index (κ1) is 20.8. The molecule has 2 aliphatic rings. The van der Waals surface area contributed by atoms with Crippen LogP contribution in [0.2, 0.25) is 0 Å². The molecular weight excluding hydrogens is 384 g/mol. The smallest absolute Gasteiger partial charge is 0.208 e. The van der Waals surface area contributed by atoms with Crippen molar-refractivity contribution in [3.8, 4) is 0 Å². The lowest BCUT2D eigenvalue weighted by Gasteiger charge is -2.37. The van der Waals surface area contributed by atoms with Crippen molar-refractivity contribution in [2.45, 2.75) is 93.1 Å². The lowest BCUT2D eigenvalue weighted by Crippen LogP contribution is -2.47. The molecule has 0 aromatic heterocycles. The van der Waals surface area contributed by atoms with Crippen LogP contribution in [0.1, 0.15) is 65.2 Å². The fraction of sp³-hybridized carbons (Fsp3) is 0.684. The molecule has 8 heteroatoms. The van der Waals surface area contributed by atoms with E-state index in [0.29, 0.717) is 0 Å². The summed E-state index contributed by atoms with van der Waals surface area (Å²) in [7, 11) is -7.26. The Morgan fingerprint density at radius 1 is 0.778 bits per heavy atom. The minimum absolute atomic E-state index is 0.0257. The first-order chi connectivity index (χ1) is 12.7. The van der Waals surface area contributed by atoms with Gasteiger partial charge in [0.25, 0.3) is 0 Å². The monoisotopic (exact) mass is 414 g/mol. The van der Waals surface area contributed by atoms with Crippen LogP contribution >= 0.6 is 0 Å². The number of piperidine rings is 1. The summed E-state index contributed by atoms with van der Waals surface area (Å²) in [5.41, 5.74) is 0. The summed E-state index contributed by atoms with van der Waals surface area (Å²) in [5, 5.41) is 0. The van der Waals surface area contributed by atoms with Crippen molar-refractivity contribution in [1.82, 2.24) is 9.03 Å². The van der Waals surface area contributed by atoms with E-state index < -0.39 is 20.0 Å². The van der Waals surface area contributed by atoms with Crippen molar-refractivity contribution in [1.29, 1.82) is 0 Å². The van der Waals surface area contributed by atoms with E-state index >= 15 is 0 Å². The van der Waals surface area contributed by atoms with Gasteiger partial charge in [0.05, 0.1) is 9.79 Å². The molecule has 1 N–H and O–H groups in total. The highest BCUT2D eigenvalue weighted by Gasteiger charge is 2.35. The molecule has 1 aliphatic carbocycles. The van der Waals surface area contributed by atoms with Gasteiger partial charge in [-0.2, -0.15) is 4.31 Å². The topological polar surface area (TPSA) is 83.6 Å². The van der Waals surface area contributed by atoms with E-state index in [1.807, 2.05) is 13.8 Å². The minimum Gasteiger partial charge on any atom is -0.208 e. The van der Waals surface area contributed by atoms with Crippen molar-refractivity contribution in [2.75, 3.05) is 0 Å². The molecule has 1 aromatic rings. The Morgan fingerprint density at radius 2 is 1.30 bits per heavy atom. The summed E-state index contributed by atoms with van der Waals surface area (Å²) in [6.45, 7) is 3.86. The van der Waals surface area contributed by atoms with Crippen LogP contribution in [-0.4, -0.2) is 39.3 Å². The molecule has 0 radical (unpaired) electrons. The lowest BCUT2D eigenvalue weighted by atomic mass is 9.96. The van der Waals surface area contributed by atoms with Crippen LogP contribution < -0.4 is 4.72 Å². The van der Waals surface area contributed by atoms with E-state index in [-0.39, 0.29) is 27.9 Å². The standard InChI is InChI=1S/C19H30N2O4S2/c1-15-7-6-8-16(2)21(15)27(24,25)19-13-11-18(12-14-19)26(22,23)20-17-9-4-3-5-10-17/h11-17,20H,3-10H2,1-2H3/t15-,16-/m1/s1. The van der Waals surface area contributed by atoms with Gasteiger partial charge in [-0.3, -0.25) is 0 Å². The molecular formula is C19H30N2O4S2. The second-order valence-electron chi connectivity index (χ2n) is 7.89. The largest absolute Gasteiger partial charge is 0.243 e. The molecule has 2 atom stereocenters. The van der Waals surface area contributed by atoms with E-state index in [1.54, 1.807) is 4.31 Å². The van der Waals surface area contributed by atoms with Gasteiger partial charge in [0, 0.05) is 18.1 Å².